The molecule has 1 aliphatic heterocycles. The molecule has 11 nitrogen and oxygen atoms in total. The summed E-state index contributed by atoms with van der Waals surface area (Å²) in [5, 5.41) is 19.2. The molecule has 0 aliphatic carbocycles. The number of hydrogen-bond acceptors (Lipinski definition) is 7. The van der Waals surface area contributed by atoms with Gasteiger partial charge < -0.3 is 15.0 Å². The van der Waals surface area contributed by atoms with Gasteiger partial charge in [-0.1, -0.05) is 48.5 Å². The molecule has 1 aromatic heterocycles. The molecule has 0 radical (unpaired) electrons. The van der Waals surface area contributed by atoms with E-state index in [2.05, 4.69) is 25.9 Å². The van der Waals surface area contributed by atoms with Crippen molar-refractivity contribution in [1.82, 2.24) is 30.8 Å². The first kappa shape index (κ1) is 28.7. The molecule has 1 aliphatic rings. The van der Waals surface area contributed by atoms with Crippen LogP contribution >= 0.6 is 0 Å². The van der Waals surface area contributed by atoms with Crippen molar-refractivity contribution in [3.8, 4) is 11.4 Å². The summed E-state index contributed by atoms with van der Waals surface area (Å²) in [5.41, 5.74) is 2.88. The van der Waals surface area contributed by atoms with Crippen LogP contribution in [0.15, 0.2) is 60.7 Å². The van der Waals surface area contributed by atoms with Gasteiger partial charge in [0.2, 0.25) is 17.6 Å². The highest BCUT2D eigenvalue weighted by Gasteiger charge is 2.34. The van der Waals surface area contributed by atoms with Gasteiger partial charge in [0.05, 0.1) is 6.54 Å². The van der Waals surface area contributed by atoms with Crippen LogP contribution in [0.3, 0.4) is 0 Å². The summed E-state index contributed by atoms with van der Waals surface area (Å²) in [6.45, 7) is 7.21. The van der Waals surface area contributed by atoms with Gasteiger partial charge in [-0.3, -0.25) is 14.5 Å². The maximum absolute atomic E-state index is 14.1. The summed E-state index contributed by atoms with van der Waals surface area (Å²) >= 11 is 0. The van der Waals surface area contributed by atoms with Gasteiger partial charge in [0.25, 0.3) is 0 Å². The summed E-state index contributed by atoms with van der Waals surface area (Å²) in [4.78, 5) is 43.0. The number of hydrogen-bond donors (Lipinski definition) is 2. The second kappa shape index (κ2) is 11.6. The molecule has 218 valence electrons. The van der Waals surface area contributed by atoms with E-state index in [4.69, 9.17) is 4.74 Å². The number of tetrazole rings is 1. The van der Waals surface area contributed by atoms with Crippen molar-refractivity contribution in [2.45, 2.75) is 64.8 Å². The lowest BCUT2D eigenvalue weighted by Crippen LogP contribution is -2.54. The highest BCUT2D eigenvalue weighted by molar-refractivity contribution is 6.01. The summed E-state index contributed by atoms with van der Waals surface area (Å²) < 4.78 is 5.41. The van der Waals surface area contributed by atoms with E-state index < -0.39 is 29.7 Å². The average Bonchev–Trinajstić information content (AvgIpc) is 3.47. The number of ether oxygens (including phenoxy) is 1. The molecule has 0 saturated heterocycles. The topological polar surface area (TPSA) is 133 Å². The van der Waals surface area contributed by atoms with Gasteiger partial charge in [-0.2, -0.15) is 5.21 Å². The van der Waals surface area contributed by atoms with Crippen molar-refractivity contribution in [3.63, 3.8) is 0 Å². The highest BCUT2D eigenvalue weighted by atomic mass is 16.6. The Morgan fingerprint density at radius 1 is 1.14 bits per heavy atom. The van der Waals surface area contributed by atoms with E-state index in [1.165, 1.54) is 11.9 Å². The fraction of sp³-hybridized carbons (Fsp3) is 0.355. The minimum Gasteiger partial charge on any atom is -0.444 e. The largest absolute Gasteiger partial charge is 0.444 e. The lowest BCUT2D eigenvalue weighted by Gasteiger charge is -2.30. The van der Waals surface area contributed by atoms with Crippen LogP contribution in [0, 0.1) is 0 Å². The van der Waals surface area contributed by atoms with E-state index in [1.54, 1.807) is 32.6 Å². The monoisotopic (exact) mass is 569 g/mol. The number of carbonyl (C=O) groups excluding carboxylic acids is 3. The van der Waals surface area contributed by atoms with Gasteiger partial charge in [-0.15, -0.1) is 10.2 Å². The van der Waals surface area contributed by atoms with E-state index in [0.29, 0.717) is 25.2 Å². The normalized spacial score (nSPS) is 16.0. The number of aromatic nitrogens is 4. The smallest absolute Gasteiger partial charge is 0.410 e. The van der Waals surface area contributed by atoms with Crippen molar-refractivity contribution >= 4 is 34.4 Å². The molecule has 0 saturated carbocycles. The minimum atomic E-state index is -0.839. The van der Waals surface area contributed by atoms with E-state index in [0.717, 1.165) is 33.2 Å². The first-order valence-corrected chi connectivity index (χ1v) is 13.9. The maximum Gasteiger partial charge on any atom is 0.410 e. The Morgan fingerprint density at radius 2 is 1.93 bits per heavy atom. The third kappa shape index (κ3) is 6.09. The molecule has 0 bridgehead atoms. The third-order valence-electron chi connectivity index (χ3n) is 7.41. The summed E-state index contributed by atoms with van der Waals surface area (Å²) in [7, 11) is 1.51. The Labute approximate surface area is 244 Å². The van der Waals surface area contributed by atoms with Crippen LogP contribution in [0.1, 0.15) is 45.2 Å². The van der Waals surface area contributed by atoms with Crippen LogP contribution < -0.4 is 10.2 Å². The molecule has 0 spiro atoms. The Morgan fingerprint density at radius 3 is 2.67 bits per heavy atom. The van der Waals surface area contributed by atoms with Crippen molar-refractivity contribution < 1.29 is 19.1 Å². The predicted octanol–water partition coefficient (Wildman–Crippen LogP) is 4.24. The molecule has 0 fully saturated rings. The second-order valence-corrected chi connectivity index (χ2v) is 11.5. The van der Waals surface area contributed by atoms with Gasteiger partial charge in [-0.25, -0.2) is 4.79 Å². The molecule has 3 amide bonds. The lowest BCUT2D eigenvalue weighted by molar-refractivity contribution is -0.130. The number of fused-ring (bicyclic) bond motifs is 2. The van der Waals surface area contributed by atoms with E-state index in [1.807, 2.05) is 60.7 Å². The number of amides is 3. The Kier molecular flexibility index (Phi) is 7.93. The zero-order valence-corrected chi connectivity index (χ0v) is 24.4. The predicted molar refractivity (Wildman–Crippen MR) is 158 cm³/mol. The maximum atomic E-state index is 14.1. The first-order valence-electron chi connectivity index (χ1n) is 13.9. The van der Waals surface area contributed by atoms with Crippen LogP contribution in [0.25, 0.3) is 22.2 Å². The van der Waals surface area contributed by atoms with Crippen LogP contribution in [-0.2, 0) is 27.3 Å². The Bertz CT molecular complexity index is 1610. The molecule has 4 aromatic rings. The molecular formula is C31H35N7O4. The van der Waals surface area contributed by atoms with Gasteiger partial charge in [-0.05, 0) is 79.8 Å². The van der Waals surface area contributed by atoms with Gasteiger partial charge in [0, 0.05) is 18.3 Å². The molecule has 3 aromatic carbocycles. The quantitative estimate of drug-likeness (QED) is 0.355. The van der Waals surface area contributed by atoms with E-state index in [-0.39, 0.29) is 5.91 Å². The fourth-order valence-electron chi connectivity index (χ4n) is 5.04. The summed E-state index contributed by atoms with van der Waals surface area (Å²) in [5.74, 6) is -0.162. The zero-order valence-electron chi connectivity index (χ0n) is 24.4. The van der Waals surface area contributed by atoms with Crippen molar-refractivity contribution in [2.75, 3.05) is 11.9 Å². The number of anilines is 1. The summed E-state index contributed by atoms with van der Waals surface area (Å²) in [6, 6.07) is 18.1. The number of aromatic amines is 1. The second-order valence-electron chi connectivity index (χ2n) is 11.5. The molecular weight excluding hydrogens is 534 g/mol. The SMILES string of the molecule is C[C@@H](C(=O)N[C@H]1CCc2ccccc2N(Cc2cccc3ccc(-c4nn[nH]n4)cc23)C1=O)N(C)C(=O)OC(C)(C)C. The molecule has 2 atom stereocenters. The van der Waals surface area contributed by atoms with Gasteiger partial charge >= 0.3 is 6.09 Å². The molecule has 0 unspecified atom stereocenters. The van der Waals surface area contributed by atoms with Crippen LogP contribution in [0.4, 0.5) is 10.5 Å². The third-order valence-corrected chi connectivity index (χ3v) is 7.41. The molecule has 2 heterocycles. The minimum absolute atomic E-state index is 0.216. The number of likely N-dealkylation sites (N-methyl/N-ethyl adjacent to an activating group) is 1. The molecule has 5 rings (SSSR count). The standard InChI is InChI=1S/C31H35N7O4/c1-19(37(5)30(41)42-31(2,3)4)28(39)32-25-16-15-21-9-6-7-12-26(21)38(29(25)40)18-23-11-8-10-20-13-14-22(17-24(20)23)27-33-35-36-34-27/h6-14,17,19,25H,15-16,18H2,1-5H3,(H,32,39)(H,33,34,35,36)/t19-,25-/m0/s1. The molecule has 42 heavy (non-hydrogen) atoms. The first-order chi connectivity index (χ1) is 20.0. The van der Waals surface area contributed by atoms with Crippen molar-refractivity contribution in [2.24, 2.45) is 0 Å². The number of carbonyl (C=O) groups is 3. The number of para-hydroxylation sites is 1. The summed E-state index contributed by atoms with van der Waals surface area (Å²) in [6.07, 6.45) is 0.429. The fourth-order valence-corrected chi connectivity index (χ4v) is 5.04. The average molecular weight is 570 g/mol. The van der Waals surface area contributed by atoms with Crippen LogP contribution in [0.2, 0.25) is 0 Å². The molecule has 2 N–H and O–H groups in total. The van der Waals surface area contributed by atoms with Crippen molar-refractivity contribution in [3.05, 3.63) is 71.8 Å². The number of H-pyrrole nitrogens is 1. The number of nitrogens with zero attached hydrogens (tertiary/aromatic N) is 5. The molecule has 11 heteroatoms. The number of nitrogens with one attached hydrogen (secondary N) is 2. The Hall–Kier alpha value is -4.80. The Balaban J connectivity index is 1.42. The van der Waals surface area contributed by atoms with E-state index >= 15 is 0 Å². The van der Waals surface area contributed by atoms with E-state index in [9.17, 15) is 14.4 Å². The number of benzene rings is 3. The lowest BCUT2D eigenvalue weighted by atomic mass is 10.0. The zero-order chi connectivity index (χ0) is 30.0. The van der Waals surface area contributed by atoms with Gasteiger partial charge in [0.1, 0.15) is 17.7 Å². The number of rotatable bonds is 6. The number of aryl methyl sites for hydroxylation is 1. The van der Waals surface area contributed by atoms with Crippen LogP contribution in [-0.4, -0.2) is 68.2 Å². The van der Waals surface area contributed by atoms with Crippen LogP contribution in [0.5, 0.6) is 0 Å². The van der Waals surface area contributed by atoms with Crippen molar-refractivity contribution in [1.29, 1.82) is 0 Å². The highest BCUT2D eigenvalue weighted by Crippen LogP contribution is 2.31. The van der Waals surface area contributed by atoms with Gasteiger partial charge in [0.15, 0.2) is 0 Å².